The topological polar surface area (TPSA) is 40.7 Å². The molecule has 0 aliphatic carbocycles. The van der Waals surface area contributed by atoms with E-state index >= 15 is 0 Å². The molecule has 0 aliphatic rings. The number of aromatic nitrogens is 2. The second-order valence-electron chi connectivity index (χ2n) is 3.09. The van der Waals surface area contributed by atoms with Crippen molar-refractivity contribution in [3.05, 3.63) is 42.2 Å². The van der Waals surface area contributed by atoms with Gasteiger partial charge in [-0.05, 0) is 11.6 Å². The third kappa shape index (κ3) is 2.53. The van der Waals surface area contributed by atoms with Crippen LogP contribution in [0.3, 0.4) is 0 Å². The monoisotopic (exact) mass is 219 g/mol. The van der Waals surface area contributed by atoms with E-state index in [0.717, 1.165) is 10.9 Å². The Bertz CT molecular complexity index is 412. The Morgan fingerprint density at radius 1 is 1.40 bits per heavy atom. The zero-order valence-corrected chi connectivity index (χ0v) is 9.34. The van der Waals surface area contributed by atoms with E-state index in [9.17, 15) is 0 Å². The molecule has 0 bridgehead atoms. The number of anilines is 1. The van der Waals surface area contributed by atoms with Crippen molar-refractivity contribution in [1.82, 2.24) is 9.97 Å². The van der Waals surface area contributed by atoms with Gasteiger partial charge >= 0.3 is 0 Å². The first-order chi connectivity index (χ1) is 7.40. The predicted molar refractivity (Wildman–Crippen MR) is 64.1 cm³/mol. The summed E-state index contributed by atoms with van der Waals surface area (Å²) >= 11 is 1.70. The molecule has 0 amide bonds. The van der Waals surface area contributed by atoms with Gasteiger partial charge in [-0.3, -0.25) is 0 Å². The Balaban J connectivity index is 2.04. The molecule has 0 saturated carbocycles. The number of imidazole rings is 1. The van der Waals surface area contributed by atoms with Gasteiger partial charge in [0.1, 0.15) is 0 Å². The van der Waals surface area contributed by atoms with Gasteiger partial charge in [0.25, 0.3) is 0 Å². The van der Waals surface area contributed by atoms with Crippen LogP contribution in [0.2, 0.25) is 0 Å². The second kappa shape index (κ2) is 4.89. The molecule has 1 aromatic heterocycles. The fourth-order valence-electron chi connectivity index (χ4n) is 1.37. The molecule has 0 fully saturated rings. The fourth-order valence-corrected chi connectivity index (χ4v) is 2.20. The summed E-state index contributed by atoms with van der Waals surface area (Å²) in [6.45, 7) is 0. The van der Waals surface area contributed by atoms with Crippen molar-refractivity contribution < 1.29 is 0 Å². The highest BCUT2D eigenvalue weighted by molar-refractivity contribution is 7.98. The van der Waals surface area contributed by atoms with E-state index in [1.165, 1.54) is 11.3 Å². The molecule has 3 nitrogen and oxygen atoms in total. The van der Waals surface area contributed by atoms with Gasteiger partial charge in [-0.15, -0.1) is 0 Å². The quantitative estimate of drug-likeness (QED) is 0.777. The van der Waals surface area contributed by atoms with Crippen LogP contribution in [0.25, 0.3) is 0 Å². The van der Waals surface area contributed by atoms with E-state index in [2.05, 4.69) is 33.5 Å². The zero-order valence-electron chi connectivity index (χ0n) is 8.53. The van der Waals surface area contributed by atoms with Crippen LogP contribution in [0, 0.1) is 0 Å². The smallest absolute Gasteiger partial charge is 0.165 e. The average Bonchev–Trinajstić information content (AvgIpc) is 2.79. The molecule has 0 spiro atoms. The fraction of sp³-hybridized carbons (Fsp3) is 0.182. The van der Waals surface area contributed by atoms with Gasteiger partial charge in [0.2, 0.25) is 0 Å². The van der Waals surface area contributed by atoms with Crippen LogP contribution >= 0.6 is 11.8 Å². The van der Waals surface area contributed by atoms with Crippen molar-refractivity contribution in [1.29, 1.82) is 0 Å². The first-order valence-corrected chi connectivity index (χ1v) is 5.76. The molecule has 1 aromatic carbocycles. The molecule has 15 heavy (non-hydrogen) atoms. The van der Waals surface area contributed by atoms with Crippen LogP contribution in [0.5, 0.6) is 0 Å². The van der Waals surface area contributed by atoms with Gasteiger partial charge in [0, 0.05) is 30.9 Å². The summed E-state index contributed by atoms with van der Waals surface area (Å²) in [6, 6.07) is 8.30. The van der Waals surface area contributed by atoms with Crippen LogP contribution in [0.4, 0.5) is 5.69 Å². The lowest BCUT2D eigenvalue weighted by Crippen LogP contribution is -1.93. The minimum atomic E-state index is 0.921. The standard InChI is InChI=1S/C11H13N3S/c1-12-10-5-3-2-4-9(10)8-15-11-13-6-7-14-11/h2-7,12H,8H2,1H3,(H,13,14). The van der Waals surface area contributed by atoms with Crippen LogP contribution in [-0.2, 0) is 5.75 Å². The van der Waals surface area contributed by atoms with Gasteiger partial charge in [-0.1, -0.05) is 30.0 Å². The Hall–Kier alpha value is -1.42. The van der Waals surface area contributed by atoms with E-state index in [1.807, 2.05) is 19.3 Å². The summed E-state index contributed by atoms with van der Waals surface area (Å²) in [5.74, 6) is 0.921. The van der Waals surface area contributed by atoms with E-state index in [0.29, 0.717) is 0 Å². The lowest BCUT2D eigenvalue weighted by Gasteiger charge is -2.06. The van der Waals surface area contributed by atoms with Crippen LogP contribution in [0.1, 0.15) is 5.56 Å². The SMILES string of the molecule is CNc1ccccc1CSc1ncc[nH]1. The van der Waals surface area contributed by atoms with E-state index in [1.54, 1.807) is 18.0 Å². The molecule has 0 atom stereocenters. The third-order valence-corrected chi connectivity index (χ3v) is 3.08. The Kier molecular flexibility index (Phi) is 3.29. The number of nitrogens with zero attached hydrogens (tertiary/aromatic N) is 1. The number of nitrogens with one attached hydrogen (secondary N) is 2. The highest BCUT2D eigenvalue weighted by atomic mass is 32.2. The minimum Gasteiger partial charge on any atom is -0.388 e. The number of benzene rings is 1. The first-order valence-electron chi connectivity index (χ1n) is 4.78. The first kappa shape index (κ1) is 10.1. The van der Waals surface area contributed by atoms with Crippen LogP contribution in [0.15, 0.2) is 41.8 Å². The number of thioether (sulfide) groups is 1. The molecule has 4 heteroatoms. The molecule has 78 valence electrons. The van der Waals surface area contributed by atoms with E-state index in [4.69, 9.17) is 0 Å². The average molecular weight is 219 g/mol. The van der Waals surface area contributed by atoms with E-state index < -0.39 is 0 Å². The number of H-pyrrole nitrogens is 1. The molecule has 0 unspecified atom stereocenters. The minimum absolute atomic E-state index is 0.921. The molecular weight excluding hydrogens is 206 g/mol. The molecular formula is C11H13N3S. The number of rotatable bonds is 4. The molecule has 2 rings (SSSR count). The van der Waals surface area contributed by atoms with Crippen molar-refractivity contribution in [2.75, 3.05) is 12.4 Å². The molecule has 1 heterocycles. The maximum atomic E-state index is 4.17. The van der Waals surface area contributed by atoms with Crippen molar-refractivity contribution >= 4 is 17.4 Å². The zero-order chi connectivity index (χ0) is 10.5. The highest BCUT2D eigenvalue weighted by Gasteiger charge is 2.01. The highest BCUT2D eigenvalue weighted by Crippen LogP contribution is 2.23. The Morgan fingerprint density at radius 3 is 3.00 bits per heavy atom. The molecule has 0 radical (unpaired) electrons. The molecule has 2 aromatic rings. The number of para-hydroxylation sites is 1. The predicted octanol–water partition coefficient (Wildman–Crippen LogP) is 2.74. The molecule has 2 N–H and O–H groups in total. The van der Waals surface area contributed by atoms with Gasteiger partial charge in [-0.2, -0.15) is 0 Å². The van der Waals surface area contributed by atoms with Gasteiger partial charge in [0.05, 0.1) is 0 Å². The summed E-state index contributed by atoms with van der Waals surface area (Å²) in [6.07, 6.45) is 3.61. The van der Waals surface area contributed by atoms with Crippen molar-refractivity contribution in [2.45, 2.75) is 10.9 Å². The van der Waals surface area contributed by atoms with Gasteiger partial charge in [0.15, 0.2) is 5.16 Å². The summed E-state index contributed by atoms with van der Waals surface area (Å²) in [4.78, 5) is 7.25. The van der Waals surface area contributed by atoms with Gasteiger partial charge < -0.3 is 10.3 Å². The van der Waals surface area contributed by atoms with Crippen molar-refractivity contribution in [3.8, 4) is 0 Å². The maximum absolute atomic E-state index is 4.17. The lowest BCUT2D eigenvalue weighted by atomic mass is 10.2. The lowest BCUT2D eigenvalue weighted by molar-refractivity contribution is 1.06. The van der Waals surface area contributed by atoms with Crippen molar-refractivity contribution in [2.24, 2.45) is 0 Å². The second-order valence-corrected chi connectivity index (χ2v) is 4.05. The Morgan fingerprint density at radius 2 is 2.27 bits per heavy atom. The van der Waals surface area contributed by atoms with Gasteiger partial charge in [-0.25, -0.2) is 4.98 Å². The van der Waals surface area contributed by atoms with E-state index in [-0.39, 0.29) is 0 Å². The summed E-state index contributed by atoms with van der Waals surface area (Å²) in [7, 11) is 1.94. The van der Waals surface area contributed by atoms with Crippen molar-refractivity contribution in [3.63, 3.8) is 0 Å². The summed E-state index contributed by atoms with van der Waals surface area (Å²) < 4.78 is 0. The largest absolute Gasteiger partial charge is 0.388 e. The normalized spacial score (nSPS) is 10.2. The maximum Gasteiger partial charge on any atom is 0.165 e. The molecule has 0 aliphatic heterocycles. The Labute approximate surface area is 93.3 Å². The summed E-state index contributed by atoms with van der Waals surface area (Å²) in [5, 5.41) is 4.14. The van der Waals surface area contributed by atoms with Crippen LogP contribution in [-0.4, -0.2) is 17.0 Å². The summed E-state index contributed by atoms with van der Waals surface area (Å²) in [5.41, 5.74) is 2.47. The number of aromatic amines is 1. The molecule has 0 saturated heterocycles. The number of hydrogen-bond acceptors (Lipinski definition) is 3. The third-order valence-electron chi connectivity index (χ3n) is 2.12. The van der Waals surface area contributed by atoms with Crippen LogP contribution < -0.4 is 5.32 Å². The number of hydrogen-bond donors (Lipinski definition) is 2.